The van der Waals surface area contributed by atoms with Crippen molar-refractivity contribution in [2.75, 3.05) is 25.1 Å². The monoisotopic (exact) mass is 482 g/mol. The SMILES string of the molecule is COc1ccc(-c2nnc([C@@H](C)Sc3nnc(N4CCCC4)n3-c3cccc(Cl)c3)o2)cc1. The maximum Gasteiger partial charge on any atom is 0.247 e. The number of hydrogen-bond donors (Lipinski definition) is 0. The second kappa shape index (κ2) is 9.44. The van der Waals surface area contributed by atoms with Crippen LogP contribution in [0.4, 0.5) is 5.95 Å². The molecule has 33 heavy (non-hydrogen) atoms. The summed E-state index contributed by atoms with van der Waals surface area (Å²) in [5, 5.41) is 18.8. The molecule has 3 heterocycles. The third kappa shape index (κ3) is 4.56. The zero-order valence-electron chi connectivity index (χ0n) is 18.3. The van der Waals surface area contributed by atoms with E-state index in [9.17, 15) is 0 Å². The van der Waals surface area contributed by atoms with Gasteiger partial charge in [-0.15, -0.1) is 20.4 Å². The first kappa shape index (κ1) is 21.8. The van der Waals surface area contributed by atoms with Gasteiger partial charge in [0.25, 0.3) is 0 Å². The number of methoxy groups -OCH3 is 1. The molecule has 1 atom stereocenters. The molecule has 2 aromatic heterocycles. The van der Waals surface area contributed by atoms with Crippen molar-refractivity contribution in [1.29, 1.82) is 0 Å². The van der Waals surface area contributed by atoms with Crippen molar-refractivity contribution in [2.45, 2.75) is 30.2 Å². The summed E-state index contributed by atoms with van der Waals surface area (Å²) in [5.41, 5.74) is 1.76. The van der Waals surface area contributed by atoms with E-state index in [4.69, 9.17) is 20.8 Å². The Labute approximate surface area is 200 Å². The van der Waals surface area contributed by atoms with E-state index in [1.54, 1.807) is 7.11 Å². The summed E-state index contributed by atoms with van der Waals surface area (Å²) in [6, 6.07) is 15.3. The third-order valence-corrected chi connectivity index (χ3v) is 6.74. The van der Waals surface area contributed by atoms with Crippen LogP contribution >= 0.6 is 23.4 Å². The maximum absolute atomic E-state index is 6.29. The lowest BCUT2D eigenvalue weighted by atomic mass is 10.2. The summed E-state index contributed by atoms with van der Waals surface area (Å²) in [6.07, 6.45) is 2.30. The van der Waals surface area contributed by atoms with Gasteiger partial charge in [0.1, 0.15) is 5.75 Å². The molecule has 1 aliphatic rings. The van der Waals surface area contributed by atoms with Crippen LogP contribution in [0.2, 0.25) is 5.02 Å². The summed E-state index contributed by atoms with van der Waals surface area (Å²) in [7, 11) is 1.63. The lowest BCUT2D eigenvalue weighted by Gasteiger charge is -2.19. The summed E-state index contributed by atoms with van der Waals surface area (Å²) in [5.74, 6) is 2.59. The Morgan fingerprint density at radius 3 is 2.55 bits per heavy atom. The molecule has 0 radical (unpaired) electrons. The van der Waals surface area contributed by atoms with Crippen molar-refractivity contribution >= 4 is 29.3 Å². The molecule has 5 rings (SSSR count). The fourth-order valence-corrected chi connectivity index (χ4v) is 4.84. The Hall–Kier alpha value is -3.04. The van der Waals surface area contributed by atoms with Crippen LogP contribution < -0.4 is 9.64 Å². The van der Waals surface area contributed by atoms with Crippen molar-refractivity contribution in [2.24, 2.45) is 0 Å². The van der Waals surface area contributed by atoms with Crippen LogP contribution in [-0.2, 0) is 0 Å². The average Bonchev–Trinajstić information content (AvgIpc) is 3.59. The molecule has 1 saturated heterocycles. The Kier molecular flexibility index (Phi) is 6.24. The normalized spacial score (nSPS) is 14.6. The first-order chi connectivity index (χ1) is 16.1. The number of rotatable bonds is 7. The Balaban J connectivity index is 1.42. The van der Waals surface area contributed by atoms with Crippen molar-refractivity contribution < 1.29 is 9.15 Å². The van der Waals surface area contributed by atoms with Crippen molar-refractivity contribution in [1.82, 2.24) is 25.0 Å². The number of anilines is 1. The molecule has 8 nitrogen and oxygen atoms in total. The molecule has 0 unspecified atom stereocenters. The minimum atomic E-state index is -0.127. The Morgan fingerprint density at radius 2 is 1.82 bits per heavy atom. The topological polar surface area (TPSA) is 82.1 Å². The van der Waals surface area contributed by atoms with E-state index in [-0.39, 0.29) is 5.25 Å². The van der Waals surface area contributed by atoms with Gasteiger partial charge in [0, 0.05) is 23.7 Å². The van der Waals surface area contributed by atoms with Crippen molar-refractivity contribution in [3.63, 3.8) is 0 Å². The van der Waals surface area contributed by atoms with Gasteiger partial charge in [-0.3, -0.25) is 4.57 Å². The number of halogens is 1. The number of nitrogens with zero attached hydrogens (tertiary/aromatic N) is 6. The van der Waals surface area contributed by atoms with Gasteiger partial charge >= 0.3 is 0 Å². The highest BCUT2D eigenvalue weighted by Gasteiger charge is 2.25. The molecule has 0 N–H and O–H groups in total. The molecule has 0 aliphatic carbocycles. The van der Waals surface area contributed by atoms with E-state index in [0.29, 0.717) is 16.8 Å². The fraction of sp³-hybridized carbons (Fsp3) is 0.304. The second-order valence-electron chi connectivity index (χ2n) is 7.73. The van der Waals surface area contributed by atoms with Gasteiger partial charge in [-0.2, -0.15) is 0 Å². The first-order valence-corrected chi connectivity index (χ1v) is 12.0. The van der Waals surface area contributed by atoms with Crippen LogP contribution in [0.15, 0.2) is 58.1 Å². The third-order valence-electron chi connectivity index (χ3n) is 5.48. The highest BCUT2D eigenvalue weighted by molar-refractivity contribution is 7.99. The van der Waals surface area contributed by atoms with Gasteiger partial charge in [0.05, 0.1) is 18.0 Å². The highest BCUT2D eigenvalue weighted by atomic mass is 35.5. The van der Waals surface area contributed by atoms with Crippen LogP contribution in [0.3, 0.4) is 0 Å². The highest BCUT2D eigenvalue weighted by Crippen LogP contribution is 2.38. The molecular formula is C23H23ClN6O2S. The summed E-state index contributed by atoms with van der Waals surface area (Å²) in [4.78, 5) is 2.26. The van der Waals surface area contributed by atoms with Gasteiger partial charge in [-0.05, 0) is 62.2 Å². The molecule has 10 heteroatoms. The van der Waals surface area contributed by atoms with E-state index in [1.165, 1.54) is 11.8 Å². The van der Waals surface area contributed by atoms with Crippen molar-refractivity contribution in [3.8, 4) is 22.9 Å². The molecule has 0 bridgehead atoms. The lowest BCUT2D eigenvalue weighted by molar-refractivity contribution is 0.415. The lowest BCUT2D eigenvalue weighted by Crippen LogP contribution is -2.22. The number of aromatic nitrogens is 5. The number of thioether (sulfide) groups is 1. The molecule has 1 aliphatic heterocycles. The Bertz CT molecular complexity index is 1240. The number of ether oxygens (including phenoxy) is 1. The van der Waals surface area contributed by atoms with E-state index >= 15 is 0 Å². The van der Waals surface area contributed by atoms with Crippen LogP contribution in [0.1, 0.15) is 30.9 Å². The largest absolute Gasteiger partial charge is 0.497 e. The van der Waals surface area contributed by atoms with E-state index in [0.717, 1.165) is 54.0 Å². The van der Waals surface area contributed by atoms with Gasteiger partial charge < -0.3 is 14.1 Å². The van der Waals surface area contributed by atoms with Gasteiger partial charge in [-0.1, -0.05) is 29.4 Å². The summed E-state index contributed by atoms with van der Waals surface area (Å²) < 4.78 is 13.2. The summed E-state index contributed by atoms with van der Waals surface area (Å²) in [6.45, 7) is 3.95. The van der Waals surface area contributed by atoms with Gasteiger partial charge in [-0.25, -0.2) is 0 Å². The van der Waals surface area contributed by atoms with E-state index < -0.39 is 0 Å². The zero-order chi connectivity index (χ0) is 22.8. The quantitative estimate of drug-likeness (QED) is 0.322. The molecule has 1 fully saturated rings. The number of hydrogen-bond acceptors (Lipinski definition) is 8. The molecule has 0 spiro atoms. The van der Waals surface area contributed by atoms with Gasteiger partial charge in [0.2, 0.25) is 17.7 Å². The smallest absolute Gasteiger partial charge is 0.247 e. The van der Waals surface area contributed by atoms with Crippen LogP contribution in [0, 0.1) is 0 Å². The van der Waals surface area contributed by atoms with E-state index in [1.807, 2.05) is 55.5 Å². The minimum absolute atomic E-state index is 0.127. The standard InChI is InChI=1S/C23H23ClN6O2S/c1-15(20-25-26-21(32-20)16-8-10-19(31-2)11-9-16)33-23-28-27-22(29-12-3-4-13-29)30(23)18-7-5-6-17(24)14-18/h5-11,14-15H,3-4,12-13H2,1-2H3/t15-/m1/s1. The molecule has 170 valence electrons. The van der Waals surface area contributed by atoms with Gasteiger partial charge in [0.15, 0.2) is 5.16 Å². The minimum Gasteiger partial charge on any atom is -0.497 e. The van der Waals surface area contributed by atoms with Crippen LogP contribution in [0.25, 0.3) is 17.1 Å². The predicted molar refractivity (Wildman–Crippen MR) is 128 cm³/mol. The maximum atomic E-state index is 6.29. The van der Waals surface area contributed by atoms with Crippen LogP contribution in [0.5, 0.6) is 5.75 Å². The Morgan fingerprint density at radius 1 is 1.03 bits per heavy atom. The predicted octanol–water partition coefficient (Wildman–Crippen LogP) is 5.43. The average molecular weight is 483 g/mol. The van der Waals surface area contributed by atoms with E-state index in [2.05, 4.69) is 29.9 Å². The number of benzene rings is 2. The molecule has 2 aromatic carbocycles. The first-order valence-electron chi connectivity index (χ1n) is 10.7. The van der Waals surface area contributed by atoms with Crippen molar-refractivity contribution in [3.05, 3.63) is 59.4 Å². The second-order valence-corrected chi connectivity index (χ2v) is 9.47. The van der Waals surface area contributed by atoms with Crippen LogP contribution in [-0.4, -0.2) is 45.2 Å². The zero-order valence-corrected chi connectivity index (χ0v) is 19.9. The summed E-state index contributed by atoms with van der Waals surface area (Å²) >= 11 is 7.81. The molecular weight excluding hydrogens is 460 g/mol. The fourth-order valence-electron chi connectivity index (χ4n) is 3.76. The molecule has 0 amide bonds. The molecule has 4 aromatic rings. The molecule has 0 saturated carbocycles.